The molecule has 1 aromatic heterocycles. The second-order valence-corrected chi connectivity index (χ2v) is 8.55. The summed E-state index contributed by atoms with van der Waals surface area (Å²) in [5.41, 5.74) is 0.630. The summed E-state index contributed by atoms with van der Waals surface area (Å²) in [4.78, 5) is 1.03. The average Bonchev–Trinajstić information content (AvgIpc) is 2.88. The van der Waals surface area contributed by atoms with E-state index in [1.807, 2.05) is 6.07 Å². The highest BCUT2D eigenvalue weighted by Gasteiger charge is 2.21. The van der Waals surface area contributed by atoms with Crippen LogP contribution in [0.5, 0.6) is 0 Å². The highest BCUT2D eigenvalue weighted by molar-refractivity contribution is 7.89. The molecule has 22 heavy (non-hydrogen) atoms. The zero-order valence-corrected chi connectivity index (χ0v) is 15.1. The van der Waals surface area contributed by atoms with Crippen LogP contribution in [0.1, 0.15) is 16.5 Å². The predicted molar refractivity (Wildman–Crippen MR) is 90.5 cm³/mol. The monoisotopic (exact) mass is 379 g/mol. The van der Waals surface area contributed by atoms with Gasteiger partial charge in [-0.25, -0.2) is 13.1 Å². The number of hydrogen-bond donors (Lipinski definition) is 1. The van der Waals surface area contributed by atoms with Gasteiger partial charge in [-0.1, -0.05) is 29.3 Å². The lowest BCUT2D eigenvalue weighted by atomic mass is 10.2. The van der Waals surface area contributed by atoms with Crippen LogP contribution in [-0.2, 0) is 14.8 Å². The third-order valence-corrected chi connectivity index (χ3v) is 6.22. The number of methoxy groups -OCH3 is 1. The largest absolute Gasteiger partial charge is 0.375 e. The normalized spacial score (nSPS) is 13.3. The molecule has 4 nitrogen and oxygen atoms in total. The second-order valence-electron chi connectivity index (χ2n) is 4.63. The van der Waals surface area contributed by atoms with Crippen LogP contribution in [0.2, 0.25) is 9.36 Å². The standard InChI is InChI=1S/C14H15Cl2NO3S2/c1-9-3-4-10(15)7-13(9)22(18,19)17-8-11(20-2)12-5-6-14(16)21-12/h3-7,11,17H,8H2,1-2H3. The molecule has 1 atom stereocenters. The first kappa shape index (κ1) is 17.7. The summed E-state index contributed by atoms with van der Waals surface area (Å²) in [5, 5.41) is 0.374. The van der Waals surface area contributed by atoms with Crippen LogP contribution in [0, 0.1) is 6.92 Å². The van der Waals surface area contributed by atoms with Gasteiger partial charge in [-0.3, -0.25) is 0 Å². The van der Waals surface area contributed by atoms with Crippen molar-refractivity contribution in [2.45, 2.75) is 17.9 Å². The van der Waals surface area contributed by atoms with Crippen LogP contribution in [0.3, 0.4) is 0 Å². The Morgan fingerprint density at radius 2 is 2.00 bits per heavy atom. The lowest BCUT2D eigenvalue weighted by Gasteiger charge is -2.15. The van der Waals surface area contributed by atoms with Gasteiger partial charge < -0.3 is 4.74 Å². The number of sulfonamides is 1. The first-order chi connectivity index (χ1) is 10.3. The van der Waals surface area contributed by atoms with Gasteiger partial charge in [-0.15, -0.1) is 11.3 Å². The molecule has 1 aromatic carbocycles. The van der Waals surface area contributed by atoms with Crippen molar-refractivity contribution in [2.75, 3.05) is 13.7 Å². The Morgan fingerprint density at radius 1 is 1.27 bits per heavy atom. The molecule has 2 rings (SSSR count). The molecular formula is C14H15Cl2NO3S2. The van der Waals surface area contributed by atoms with E-state index in [2.05, 4.69) is 4.72 Å². The van der Waals surface area contributed by atoms with Crippen LogP contribution in [0.15, 0.2) is 35.2 Å². The first-order valence-electron chi connectivity index (χ1n) is 6.37. The zero-order valence-electron chi connectivity index (χ0n) is 12.0. The molecule has 0 bridgehead atoms. The number of rotatable bonds is 6. The summed E-state index contributed by atoms with van der Waals surface area (Å²) in [6.45, 7) is 1.83. The van der Waals surface area contributed by atoms with Gasteiger partial charge in [-0.05, 0) is 36.8 Å². The van der Waals surface area contributed by atoms with Crippen LogP contribution >= 0.6 is 34.5 Å². The highest BCUT2D eigenvalue weighted by atomic mass is 35.5. The van der Waals surface area contributed by atoms with Crippen molar-refractivity contribution in [2.24, 2.45) is 0 Å². The van der Waals surface area contributed by atoms with Crippen molar-refractivity contribution < 1.29 is 13.2 Å². The number of ether oxygens (including phenoxy) is 1. The van der Waals surface area contributed by atoms with E-state index in [1.54, 1.807) is 25.1 Å². The van der Waals surface area contributed by atoms with Crippen LogP contribution in [-0.4, -0.2) is 22.1 Å². The molecule has 120 valence electrons. The van der Waals surface area contributed by atoms with E-state index in [9.17, 15) is 8.42 Å². The van der Waals surface area contributed by atoms with E-state index < -0.39 is 16.1 Å². The molecule has 0 saturated heterocycles. The van der Waals surface area contributed by atoms with Gasteiger partial charge in [0, 0.05) is 23.6 Å². The Morgan fingerprint density at radius 3 is 2.59 bits per heavy atom. The quantitative estimate of drug-likeness (QED) is 0.823. The van der Waals surface area contributed by atoms with Crippen molar-refractivity contribution >= 4 is 44.6 Å². The maximum atomic E-state index is 12.4. The molecule has 1 unspecified atom stereocenters. The van der Waals surface area contributed by atoms with Gasteiger partial charge in [0.25, 0.3) is 0 Å². The predicted octanol–water partition coefficient (Wildman–Crippen LogP) is 4.03. The average molecular weight is 380 g/mol. The lowest BCUT2D eigenvalue weighted by molar-refractivity contribution is 0.110. The van der Waals surface area contributed by atoms with Crippen molar-refractivity contribution in [3.63, 3.8) is 0 Å². The molecule has 8 heteroatoms. The summed E-state index contributed by atoms with van der Waals surface area (Å²) in [7, 11) is -2.14. The molecule has 0 fully saturated rings. The van der Waals surface area contributed by atoms with Crippen molar-refractivity contribution in [1.82, 2.24) is 4.72 Å². The number of hydrogen-bond acceptors (Lipinski definition) is 4. The van der Waals surface area contributed by atoms with E-state index in [4.69, 9.17) is 27.9 Å². The molecule has 0 amide bonds. The van der Waals surface area contributed by atoms with Gasteiger partial charge in [-0.2, -0.15) is 0 Å². The third kappa shape index (κ3) is 4.22. The summed E-state index contributed by atoms with van der Waals surface area (Å²) in [6.07, 6.45) is -0.397. The van der Waals surface area contributed by atoms with Gasteiger partial charge in [0.1, 0.15) is 6.10 Å². The minimum Gasteiger partial charge on any atom is -0.375 e. The highest BCUT2D eigenvalue weighted by Crippen LogP contribution is 2.29. The fourth-order valence-corrected chi connectivity index (χ4v) is 4.60. The van der Waals surface area contributed by atoms with Gasteiger partial charge in [0.2, 0.25) is 10.0 Å². The van der Waals surface area contributed by atoms with Gasteiger partial charge >= 0.3 is 0 Å². The minimum atomic E-state index is -3.66. The number of nitrogens with one attached hydrogen (secondary N) is 1. The van der Waals surface area contributed by atoms with E-state index in [-0.39, 0.29) is 11.4 Å². The second kappa shape index (κ2) is 7.29. The number of aryl methyl sites for hydroxylation is 1. The molecule has 0 radical (unpaired) electrons. The minimum absolute atomic E-state index is 0.113. The SMILES string of the molecule is COC(CNS(=O)(=O)c1cc(Cl)ccc1C)c1ccc(Cl)s1. The van der Waals surface area contributed by atoms with E-state index >= 15 is 0 Å². The Hall–Kier alpha value is -0.630. The van der Waals surface area contributed by atoms with E-state index in [0.29, 0.717) is 14.9 Å². The molecule has 0 aliphatic rings. The number of halogens is 2. The van der Waals surface area contributed by atoms with Crippen LogP contribution in [0.4, 0.5) is 0 Å². The summed E-state index contributed by atoms with van der Waals surface area (Å²) in [5.74, 6) is 0. The van der Waals surface area contributed by atoms with Gasteiger partial charge in [0.15, 0.2) is 0 Å². The Labute approximate surface area is 144 Å². The Kier molecular flexibility index (Phi) is 5.87. The number of thiophene rings is 1. The summed E-state index contributed by atoms with van der Waals surface area (Å²) < 4.78 is 33.3. The van der Waals surface area contributed by atoms with Gasteiger partial charge in [0.05, 0.1) is 9.23 Å². The molecular weight excluding hydrogens is 365 g/mol. The third-order valence-electron chi connectivity index (χ3n) is 3.09. The molecule has 1 heterocycles. The Balaban J connectivity index is 2.16. The van der Waals surface area contributed by atoms with Crippen molar-refractivity contribution in [3.8, 4) is 0 Å². The molecule has 0 saturated carbocycles. The lowest BCUT2D eigenvalue weighted by Crippen LogP contribution is -2.29. The fraction of sp³-hybridized carbons (Fsp3) is 0.286. The topological polar surface area (TPSA) is 55.4 Å². The van der Waals surface area contributed by atoms with Crippen LogP contribution < -0.4 is 4.72 Å². The maximum absolute atomic E-state index is 12.4. The molecule has 0 aliphatic carbocycles. The molecule has 2 aromatic rings. The molecule has 0 spiro atoms. The molecule has 1 N–H and O–H groups in total. The van der Waals surface area contributed by atoms with Crippen molar-refractivity contribution in [1.29, 1.82) is 0 Å². The zero-order chi connectivity index (χ0) is 16.3. The summed E-state index contributed by atoms with van der Waals surface area (Å²) in [6, 6.07) is 8.33. The smallest absolute Gasteiger partial charge is 0.240 e. The fourth-order valence-electron chi connectivity index (χ4n) is 1.93. The first-order valence-corrected chi connectivity index (χ1v) is 9.43. The van der Waals surface area contributed by atoms with Crippen molar-refractivity contribution in [3.05, 3.63) is 50.1 Å². The number of benzene rings is 1. The summed E-state index contributed by atoms with van der Waals surface area (Å²) >= 11 is 13.1. The maximum Gasteiger partial charge on any atom is 0.240 e. The van der Waals surface area contributed by atoms with E-state index in [1.165, 1.54) is 24.5 Å². The molecule has 0 aliphatic heterocycles. The van der Waals surface area contributed by atoms with Crippen LogP contribution in [0.25, 0.3) is 0 Å². The Bertz CT molecular complexity index is 759. The van der Waals surface area contributed by atoms with E-state index in [0.717, 1.165) is 4.88 Å².